The van der Waals surface area contributed by atoms with Crippen molar-refractivity contribution in [1.29, 1.82) is 0 Å². The molecular weight excluding hydrogens is 350 g/mol. The van der Waals surface area contributed by atoms with Crippen molar-refractivity contribution in [3.05, 3.63) is 24.3 Å². The van der Waals surface area contributed by atoms with Gasteiger partial charge in [0.2, 0.25) is 21.8 Å². The van der Waals surface area contributed by atoms with E-state index >= 15 is 0 Å². The molecule has 10 heteroatoms. The molecule has 0 fully saturated rings. The number of aliphatic carboxylic acids is 1. The van der Waals surface area contributed by atoms with Crippen molar-refractivity contribution in [3.8, 4) is 0 Å². The zero-order chi connectivity index (χ0) is 19.2. The zero-order valence-electron chi connectivity index (χ0n) is 14.2. The first kappa shape index (κ1) is 20.6. The Hall–Kier alpha value is -2.46. The number of likely N-dealkylation sites (N-methyl/N-ethyl adjacent to an activating group) is 2. The van der Waals surface area contributed by atoms with Gasteiger partial charge in [0.15, 0.2) is 0 Å². The van der Waals surface area contributed by atoms with E-state index in [1.807, 2.05) is 0 Å². The predicted molar refractivity (Wildman–Crippen MR) is 90.5 cm³/mol. The highest BCUT2D eigenvalue weighted by Gasteiger charge is 2.24. The van der Waals surface area contributed by atoms with E-state index < -0.39 is 28.4 Å². The number of benzene rings is 1. The van der Waals surface area contributed by atoms with E-state index in [0.29, 0.717) is 5.69 Å². The highest BCUT2D eigenvalue weighted by atomic mass is 32.2. The van der Waals surface area contributed by atoms with E-state index in [9.17, 15) is 22.8 Å². The molecule has 0 saturated heterocycles. The van der Waals surface area contributed by atoms with Crippen molar-refractivity contribution in [2.24, 2.45) is 0 Å². The summed E-state index contributed by atoms with van der Waals surface area (Å²) >= 11 is 0. The van der Waals surface area contributed by atoms with E-state index in [-0.39, 0.29) is 23.8 Å². The minimum absolute atomic E-state index is 0.00648. The molecule has 0 radical (unpaired) electrons. The summed E-state index contributed by atoms with van der Waals surface area (Å²) in [6.07, 6.45) is -0.219. The number of nitrogens with zero attached hydrogens (tertiary/aromatic N) is 2. The first-order valence-electron chi connectivity index (χ1n) is 7.33. The molecule has 0 spiro atoms. The normalized spacial score (nSPS) is 11.2. The van der Waals surface area contributed by atoms with Gasteiger partial charge in [-0.1, -0.05) is 0 Å². The molecule has 0 aliphatic heterocycles. The van der Waals surface area contributed by atoms with Crippen LogP contribution in [0.2, 0.25) is 0 Å². The average molecular weight is 371 g/mol. The van der Waals surface area contributed by atoms with Crippen molar-refractivity contribution >= 4 is 33.5 Å². The molecule has 138 valence electrons. The Labute approximate surface area is 146 Å². The van der Waals surface area contributed by atoms with E-state index in [4.69, 9.17) is 5.11 Å². The summed E-state index contributed by atoms with van der Waals surface area (Å²) < 4.78 is 25.8. The Morgan fingerprint density at radius 1 is 1.12 bits per heavy atom. The third kappa shape index (κ3) is 6.16. The Morgan fingerprint density at radius 2 is 1.68 bits per heavy atom. The van der Waals surface area contributed by atoms with Crippen LogP contribution in [0.5, 0.6) is 0 Å². The van der Waals surface area contributed by atoms with Gasteiger partial charge in [-0.2, -0.15) is 4.31 Å². The molecule has 0 atom stereocenters. The van der Waals surface area contributed by atoms with Crippen molar-refractivity contribution in [1.82, 2.24) is 9.21 Å². The lowest BCUT2D eigenvalue weighted by molar-refractivity contribution is -0.138. The summed E-state index contributed by atoms with van der Waals surface area (Å²) in [6, 6.07) is 5.55. The molecule has 9 nitrogen and oxygen atoms in total. The van der Waals surface area contributed by atoms with Gasteiger partial charge in [-0.15, -0.1) is 0 Å². The van der Waals surface area contributed by atoms with Gasteiger partial charge in [0.25, 0.3) is 0 Å². The van der Waals surface area contributed by atoms with Crippen LogP contribution in [-0.2, 0) is 24.4 Å². The SMILES string of the molecule is CC(=O)Nc1ccc(S(=O)(=O)N(C)CC(=O)N(C)CCC(=O)O)cc1. The quantitative estimate of drug-likeness (QED) is 0.673. The number of anilines is 1. The molecule has 0 bridgehead atoms. The molecule has 2 N–H and O–H groups in total. The fourth-order valence-electron chi connectivity index (χ4n) is 1.88. The number of nitrogens with one attached hydrogen (secondary N) is 1. The number of carboxylic acids is 1. The number of carbonyl (C=O) groups excluding carboxylic acids is 2. The lowest BCUT2D eigenvalue weighted by atomic mass is 10.3. The molecule has 0 saturated carbocycles. The standard InChI is InChI=1S/C15H21N3O6S/c1-11(19)16-12-4-6-13(7-5-12)25(23,24)18(3)10-14(20)17(2)9-8-15(21)22/h4-7H,8-10H2,1-3H3,(H,16,19)(H,21,22). The first-order chi connectivity index (χ1) is 11.5. The minimum atomic E-state index is -3.89. The summed E-state index contributed by atoms with van der Waals surface area (Å²) in [4.78, 5) is 34.6. The first-order valence-corrected chi connectivity index (χ1v) is 8.78. The van der Waals surface area contributed by atoms with Crippen LogP contribution < -0.4 is 5.32 Å². The van der Waals surface area contributed by atoms with Crippen molar-refractivity contribution in [3.63, 3.8) is 0 Å². The largest absolute Gasteiger partial charge is 0.481 e. The van der Waals surface area contributed by atoms with Gasteiger partial charge in [-0.05, 0) is 24.3 Å². The molecule has 0 unspecified atom stereocenters. The second kappa shape index (κ2) is 8.58. The Morgan fingerprint density at radius 3 is 2.16 bits per heavy atom. The second-order valence-corrected chi connectivity index (χ2v) is 7.47. The fraction of sp³-hybridized carbons (Fsp3) is 0.400. The average Bonchev–Trinajstić information content (AvgIpc) is 2.52. The highest BCUT2D eigenvalue weighted by Crippen LogP contribution is 2.17. The molecule has 1 rings (SSSR count). The van der Waals surface area contributed by atoms with Gasteiger partial charge in [0.05, 0.1) is 17.9 Å². The Bertz CT molecular complexity index is 745. The molecule has 1 aromatic carbocycles. The molecule has 0 aliphatic carbocycles. The van der Waals surface area contributed by atoms with E-state index in [2.05, 4.69) is 5.32 Å². The van der Waals surface area contributed by atoms with E-state index in [1.54, 1.807) is 0 Å². The summed E-state index contributed by atoms with van der Waals surface area (Å²) in [5, 5.41) is 11.1. The molecule has 0 aliphatic rings. The molecule has 1 aromatic rings. The van der Waals surface area contributed by atoms with Crippen LogP contribution >= 0.6 is 0 Å². The maximum absolute atomic E-state index is 12.5. The van der Waals surface area contributed by atoms with Crippen molar-refractivity contribution < 1.29 is 27.9 Å². The van der Waals surface area contributed by atoms with Gasteiger partial charge in [0, 0.05) is 33.3 Å². The predicted octanol–water partition coefficient (Wildman–Crippen LogP) is 0.199. The number of amides is 2. The number of rotatable bonds is 8. The molecular formula is C15H21N3O6S. The smallest absolute Gasteiger partial charge is 0.305 e. The van der Waals surface area contributed by atoms with Crippen LogP contribution in [0.1, 0.15) is 13.3 Å². The van der Waals surface area contributed by atoms with Crippen LogP contribution in [0.25, 0.3) is 0 Å². The molecule has 2 amide bonds. The summed E-state index contributed by atoms with van der Waals surface area (Å²) in [5.41, 5.74) is 0.457. The number of hydrogen-bond acceptors (Lipinski definition) is 5. The topological polar surface area (TPSA) is 124 Å². The van der Waals surface area contributed by atoms with Gasteiger partial charge in [-0.25, -0.2) is 8.42 Å². The Balaban J connectivity index is 2.78. The van der Waals surface area contributed by atoms with E-state index in [0.717, 1.165) is 4.31 Å². The second-order valence-electron chi connectivity index (χ2n) is 5.43. The molecule has 0 aromatic heterocycles. The van der Waals surface area contributed by atoms with Gasteiger partial charge >= 0.3 is 5.97 Å². The van der Waals surface area contributed by atoms with Crippen LogP contribution in [0, 0.1) is 0 Å². The minimum Gasteiger partial charge on any atom is -0.481 e. The van der Waals surface area contributed by atoms with E-state index in [1.165, 1.54) is 50.2 Å². The third-order valence-electron chi connectivity index (χ3n) is 3.33. The maximum Gasteiger partial charge on any atom is 0.305 e. The lowest BCUT2D eigenvalue weighted by Crippen LogP contribution is -2.40. The fourth-order valence-corrected chi connectivity index (χ4v) is 3.00. The maximum atomic E-state index is 12.5. The number of carboxylic acid groups (broad SMARTS) is 1. The van der Waals surface area contributed by atoms with Crippen LogP contribution in [-0.4, -0.2) is 67.7 Å². The Kier molecular flexibility index (Phi) is 7.07. The highest BCUT2D eigenvalue weighted by molar-refractivity contribution is 7.89. The summed E-state index contributed by atoms with van der Waals surface area (Å²) in [6.45, 7) is 0.921. The van der Waals surface area contributed by atoms with Gasteiger partial charge < -0.3 is 15.3 Å². The monoisotopic (exact) mass is 371 g/mol. The number of hydrogen-bond donors (Lipinski definition) is 2. The molecule has 0 heterocycles. The van der Waals surface area contributed by atoms with Crippen LogP contribution in [0.4, 0.5) is 5.69 Å². The lowest BCUT2D eigenvalue weighted by Gasteiger charge is -2.21. The number of sulfonamides is 1. The van der Waals surface area contributed by atoms with Crippen molar-refractivity contribution in [2.45, 2.75) is 18.2 Å². The number of carbonyl (C=O) groups is 3. The summed E-state index contributed by atoms with van der Waals surface area (Å²) in [7, 11) is -1.21. The van der Waals surface area contributed by atoms with Crippen LogP contribution in [0.3, 0.4) is 0 Å². The zero-order valence-corrected chi connectivity index (χ0v) is 15.0. The van der Waals surface area contributed by atoms with Crippen LogP contribution in [0.15, 0.2) is 29.2 Å². The van der Waals surface area contributed by atoms with Crippen molar-refractivity contribution in [2.75, 3.05) is 32.5 Å². The summed E-state index contributed by atoms with van der Waals surface area (Å²) in [5.74, 6) is -1.83. The molecule has 25 heavy (non-hydrogen) atoms. The van der Waals surface area contributed by atoms with Gasteiger partial charge in [0.1, 0.15) is 0 Å². The van der Waals surface area contributed by atoms with Gasteiger partial charge in [-0.3, -0.25) is 14.4 Å². The third-order valence-corrected chi connectivity index (χ3v) is 5.15.